The third-order valence-electron chi connectivity index (χ3n) is 2.50. The predicted molar refractivity (Wildman–Crippen MR) is 47.9 cm³/mol. The first-order valence-electron chi connectivity index (χ1n) is 4.67. The molecule has 0 saturated heterocycles. The van der Waals surface area contributed by atoms with Gasteiger partial charge >= 0.3 is 0 Å². The molecule has 2 N–H and O–H groups in total. The van der Waals surface area contributed by atoms with Gasteiger partial charge in [0, 0.05) is 17.3 Å². The summed E-state index contributed by atoms with van der Waals surface area (Å²) in [6.45, 7) is 3.18. The molecule has 0 saturated carbocycles. The van der Waals surface area contributed by atoms with E-state index in [1.807, 2.05) is 6.20 Å². The molecule has 0 bridgehead atoms. The van der Waals surface area contributed by atoms with E-state index in [1.54, 1.807) is 0 Å². The number of aromatic nitrogens is 2. The van der Waals surface area contributed by atoms with Gasteiger partial charge in [-0.05, 0) is 25.8 Å². The third-order valence-corrected chi connectivity index (χ3v) is 2.50. The van der Waals surface area contributed by atoms with Gasteiger partial charge in [0.2, 0.25) is 0 Å². The van der Waals surface area contributed by atoms with Crippen LogP contribution in [0.4, 0.5) is 0 Å². The summed E-state index contributed by atoms with van der Waals surface area (Å²) >= 11 is 0. The summed E-state index contributed by atoms with van der Waals surface area (Å²) in [6.07, 6.45) is 5.65. The van der Waals surface area contributed by atoms with Crippen molar-refractivity contribution in [3.05, 3.63) is 17.5 Å². The lowest BCUT2D eigenvalue weighted by Crippen LogP contribution is -2.24. The van der Waals surface area contributed by atoms with E-state index in [4.69, 9.17) is 0 Å². The Morgan fingerprint density at radius 1 is 1.75 bits per heavy atom. The van der Waals surface area contributed by atoms with Crippen molar-refractivity contribution >= 4 is 0 Å². The lowest BCUT2D eigenvalue weighted by Gasteiger charge is -2.22. The van der Waals surface area contributed by atoms with Crippen LogP contribution in [-0.4, -0.2) is 16.7 Å². The number of nitrogens with one attached hydrogen (secondary N) is 2. The summed E-state index contributed by atoms with van der Waals surface area (Å²) in [6, 6.07) is 0.539. The minimum absolute atomic E-state index is 0.539. The van der Waals surface area contributed by atoms with E-state index in [-0.39, 0.29) is 0 Å². The Morgan fingerprint density at radius 2 is 2.67 bits per heavy atom. The molecular formula is C9H15N3. The predicted octanol–water partition coefficient (Wildman–Crippen LogP) is 1.40. The van der Waals surface area contributed by atoms with Crippen molar-refractivity contribution < 1.29 is 0 Å². The molecule has 3 heteroatoms. The van der Waals surface area contributed by atoms with E-state index in [0.717, 1.165) is 13.0 Å². The maximum atomic E-state index is 4.07. The van der Waals surface area contributed by atoms with Gasteiger partial charge in [0.25, 0.3) is 0 Å². The summed E-state index contributed by atoms with van der Waals surface area (Å²) in [5.74, 6) is 0. The highest BCUT2D eigenvalue weighted by atomic mass is 15.1. The lowest BCUT2D eigenvalue weighted by molar-refractivity contribution is 0.470. The minimum Gasteiger partial charge on any atom is -0.310 e. The average molecular weight is 165 g/mol. The fraction of sp³-hybridized carbons (Fsp3) is 0.667. The highest BCUT2D eigenvalue weighted by molar-refractivity contribution is 5.23. The number of aryl methyl sites for hydroxylation is 1. The van der Waals surface area contributed by atoms with Gasteiger partial charge in [-0.15, -0.1) is 0 Å². The highest BCUT2D eigenvalue weighted by Crippen LogP contribution is 2.27. The Morgan fingerprint density at radius 3 is 3.50 bits per heavy atom. The zero-order valence-electron chi connectivity index (χ0n) is 7.43. The molecule has 1 aromatic rings. The van der Waals surface area contributed by atoms with Crippen LogP contribution in [-0.2, 0) is 6.42 Å². The van der Waals surface area contributed by atoms with Gasteiger partial charge in [0.15, 0.2) is 0 Å². The Bertz CT molecular complexity index is 254. The van der Waals surface area contributed by atoms with Gasteiger partial charge in [-0.1, -0.05) is 6.92 Å². The standard InChI is InChI=1S/C9H15N3/c1-2-10-8-4-3-5-9-7(8)6-11-12-9/h6,8,10H,2-5H2,1H3,(H,11,12). The summed E-state index contributed by atoms with van der Waals surface area (Å²) in [7, 11) is 0. The van der Waals surface area contributed by atoms with Crippen molar-refractivity contribution in [2.24, 2.45) is 0 Å². The van der Waals surface area contributed by atoms with Crippen molar-refractivity contribution in [3.8, 4) is 0 Å². The first-order valence-corrected chi connectivity index (χ1v) is 4.67. The van der Waals surface area contributed by atoms with Crippen LogP contribution in [0.2, 0.25) is 0 Å². The third kappa shape index (κ3) is 1.25. The minimum atomic E-state index is 0.539. The molecule has 3 nitrogen and oxygen atoms in total. The molecule has 12 heavy (non-hydrogen) atoms. The number of aromatic amines is 1. The van der Waals surface area contributed by atoms with Crippen molar-refractivity contribution in [2.75, 3.05) is 6.54 Å². The molecule has 1 heterocycles. The quantitative estimate of drug-likeness (QED) is 0.695. The van der Waals surface area contributed by atoms with E-state index < -0.39 is 0 Å². The maximum Gasteiger partial charge on any atom is 0.0538 e. The zero-order chi connectivity index (χ0) is 8.39. The molecule has 1 aliphatic rings. The van der Waals surface area contributed by atoms with Gasteiger partial charge in [-0.2, -0.15) is 5.10 Å². The Labute approximate surface area is 72.6 Å². The molecule has 0 spiro atoms. The Kier molecular flexibility index (Phi) is 2.13. The monoisotopic (exact) mass is 165 g/mol. The molecule has 1 aromatic heterocycles. The molecule has 0 fully saturated rings. The second kappa shape index (κ2) is 3.27. The van der Waals surface area contributed by atoms with Crippen LogP contribution in [0.25, 0.3) is 0 Å². The largest absolute Gasteiger partial charge is 0.310 e. The van der Waals surface area contributed by atoms with Crippen molar-refractivity contribution in [2.45, 2.75) is 32.2 Å². The second-order valence-electron chi connectivity index (χ2n) is 3.31. The van der Waals surface area contributed by atoms with Crippen LogP contribution in [0.3, 0.4) is 0 Å². The number of hydrogen-bond donors (Lipinski definition) is 2. The van der Waals surface area contributed by atoms with Crippen molar-refractivity contribution in [1.29, 1.82) is 0 Å². The smallest absolute Gasteiger partial charge is 0.0538 e. The van der Waals surface area contributed by atoms with Crippen LogP contribution < -0.4 is 5.32 Å². The highest BCUT2D eigenvalue weighted by Gasteiger charge is 2.20. The molecule has 0 aliphatic heterocycles. The van der Waals surface area contributed by atoms with Gasteiger partial charge in [-0.25, -0.2) is 0 Å². The molecule has 0 radical (unpaired) electrons. The van der Waals surface area contributed by atoms with E-state index in [1.165, 1.54) is 24.1 Å². The van der Waals surface area contributed by atoms with E-state index in [2.05, 4.69) is 22.4 Å². The number of nitrogens with zero attached hydrogens (tertiary/aromatic N) is 1. The van der Waals surface area contributed by atoms with Gasteiger partial charge in [0.1, 0.15) is 0 Å². The van der Waals surface area contributed by atoms with Crippen LogP contribution in [0, 0.1) is 0 Å². The van der Waals surface area contributed by atoms with Crippen molar-refractivity contribution in [3.63, 3.8) is 0 Å². The average Bonchev–Trinajstić information content (AvgIpc) is 2.53. The number of fused-ring (bicyclic) bond motifs is 1. The van der Waals surface area contributed by atoms with E-state index >= 15 is 0 Å². The van der Waals surface area contributed by atoms with E-state index in [9.17, 15) is 0 Å². The second-order valence-corrected chi connectivity index (χ2v) is 3.31. The first-order chi connectivity index (χ1) is 5.92. The molecule has 1 atom stereocenters. The molecular weight excluding hydrogens is 150 g/mol. The van der Waals surface area contributed by atoms with Crippen LogP contribution in [0.5, 0.6) is 0 Å². The molecule has 1 unspecified atom stereocenters. The van der Waals surface area contributed by atoms with Crippen molar-refractivity contribution in [1.82, 2.24) is 15.5 Å². The fourth-order valence-corrected chi connectivity index (χ4v) is 1.92. The van der Waals surface area contributed by atoms with Crippen LogP contribution in [0.1, 0.15) is 37.1 Å². The number of hydrogen-bond acceptors (Lipinski definition) is 2. The summed E-state index contributed by atoms with van der Waals surface area (Å²) in [5, 5.41) is 10.6. The molecule has 66 valence electrons. The molecule has 1 aliphatic carbocycles. The summed E-state index contributed by atoms with van der Waals surface area (Å²) in [4.78, 5) is 0. The van der Waals surface area contributed by atoms with Gasteiger partial charge < -0.3 is 5.32 Å². The van der Waals surface area contributed by atoms with Crippen LogP contribution in [0.15, 0.2) is 6.20 Å². The lowest BCUT2D eigenvalue weighted by atomic mass is 9.93. The van der Waals surface area contributed by atoms with Gasteiger partial charge in [0.05, 0.1) is 6.20 Å². The maximum absolute atomic E-state index is 4.07. The number of H-pyrrole nitrogens is 1. The van der Waals surface area contributed by atoms with Crippen LogP contribution >= 0.6 is 0 Å². The zero-order valence-corrected chi connectivity index (χ0v) is 7.43. The molecule has 0 amide bonds. The van der Waals surface area contributed by atoms with E-state index in [0.29, 0.717) is 6.04 Å². The Balaban J connectivity index is 2.19. The number of rotatable bonds is 2. The normalized spacial score (nSPS) is 22.2. The topological polar surface area (TPSA) is 40.7 Å². The fourth-order valence-electron chi connectivity index (χ4n) is 1.92. The SMILES string of the molecule is CCNC1CCCc2[nH]ncc21. The molecule has 0 aromatic carbocycles. The Hall–Kier alpha value is -0.830. The van der Waals surface area contributed by atoms with Gasteiger partial charge in [-0.3, -0.25) is 5.10 Å². The summed E-state index contributed by atoms with van der Waals surface area (Å²) < 4.78 is 0. The summed E-state index contributed by atoms with van der Waals surface area (Å²) in [5.41, 5.74) is 2.70. The first kappa shape index (κ1) is 7.80. The molecule has 2 rings (SSSR count).